The van der Waals surface area contributed by atoms with Crippen LogP contribution >= 0.6 is 0 Å². The molecule has 2 aromatic heterocycles. The van der Waals surface area contributed by atoms with E-state index in [-0.39, 0.29) is 17.2 Å². The van der Waals surface area contributed by atoms with Gasteiger partial charge in [0.2, 0.25) is 5.43 Å². The Morgan fingerprint density at radius 2 is 1.60 bits per heavy atom. The van der Waals surface area contributed by atoms with Crippen molar-refractivity contribution < 1.29 is 17.9 Å². The summed E-state index contributed by atoms with van der Waals surface area (Å²) in [6.07, 6.45) is 0.187. The van der Waals surface area contributed by atoms with Crippen molar-refractivity contribution in [1.82, 2.24) is 19.6 Å². The van der Waals surface area contributed by atoms with Crippen molar-refractivity contribution in [2.75, 3.05) is 18.0 Å². The number of hydrogen-bond donors (Lipinski definition) is 0. The van der Waals surface area contributed by atoms with Crippen LogP contribution in [0.2, 0.25) is 0 Å². The topological polar surface area (TPSA) is 65.2 Å². The first-order chi connectivity index (χ1) is 16.9. The monoisotopic (exact) mass is 481 g/mol. The second-order valence-electron chi connectivity index (χ2n) is 8.23. The van der Waals surface area contributed by atoms with Crippen LogP contribution < -0.4 is 15.1 Å². The Morgan fingerprint density at radius 1 is 0.886 bits per heavy atom. The number of para-hydroxylation sites is 1. The number of benzene rings is 2. The van der Waals surface area contributed by atoms with Crippen molar-refractivity contribution in [3.05, 3.63) is 89.3 Å². The van der Waals surface area contributed by atoms with E-state index in [9.17, 15) is 18.0 Å². The summed E-state index contributed by atoms with van der Waals surface area (Å²) in [5, 5.41) is 9.04. The molecular formula is C25H22F3N5O2. The van der Waals surface area contributed by atoms with Crippen LogP contribution in [0.1, 0.15) is 18.9 Å². The minimum Gasteiger partial charge on any atom is -0.406 e. The van der Waals surface area contributed by atoms with Crippen LogP contribution in [-0.4, -0.2) is 39.0 Å². The third-order valence-corrected chi connectivity index (χ3v) is 5.99. The van der Waals surface area contributed by atoms with Crippen molar-refractivity contribution in [2.45, 2.75) is 25.2 Å². The van der Waals surface area contributed by atoms with Crippen LogP contribution in [0.3, 0.4) is 0 Å². The van der Waals surface area contributed by atoms with Crippen LogP contribution in [0, 0.1) is 0 Å². The van der Waals surface area contributed by atoms with Gasteiger partial charge in [-0.15, -0.1) is 13.2 Å². The lowest BCUT2D eigenvalue weighted by atomic mass is 10.0. The number of aromatic nitrogens is 4. The second kappa shape index (κ2) is 9.28. The molecule has 1 aliphatic rings. The molecule has 1 fully saturated rings. The highest BCUT2D eigenvalue weighted by atomic mass is 19.4. The molecule has 0 aliphatic carbocycles. The Hall–Kier alpha value is -4.08. The molecule has 0 unspecified atom stereocenters. The Bertz CT molecular complexity index is 1340. The van der Waals surface area contributed by atoms with Crippen LogP contribution in [-0.2, 0) is 0 Å². The van der Waals surface area contributed by atoms with Crippen molar-refractivity contribution in [2.24, 2.45) is 0 Å². The first-order valence-corrected chi connectivity index (χ1v) is 11.2. The van der Waals surface area contributed by atoms with Crippen molar-refractivity contribution in [3.8, 4) is 22.8 Å². The first kappa shape index (κ1) is 22.7. The van der Waals surface area contributed by atoms with Gasteiger partial charge in [-0.05, 0) is 55.3 Å². The normalized spacial score (nSPS) is 14.8. The van der Waals surface area contributed by atoms with Gasteiger partial charge in [0.05, 0.1) is 23.6 Å². The molecule has 35 heavy (non-hydrogen) atoms. The molecule has 10 heteroatoms. The zero-order chi connectivity index (χ0) is 24.4. The predicted molar refractivity (Wildman–Crippen MR) is 125 cm³/mol. The van der Waals surface area contributed by atoms with Gasteiger partial charge < -0.3 is 9.64 Å². The summed E-state index contributed by atoms with van der Waals surface area (Å²) in [6, 6.07) is 18.8. The van der Waals surface area contributed by atoms with E-state index in [2.05, 4.69) is 19.8 Å². The molecule has 7 nitrogen and oxygen atoms in total. The zero-order valence-electron chi connectivity index (χ0n) is 18.6. The number of ether oxygens (including phenoxy) is 1. The smallest absolute Gasteiger partial charge is 0.406 e. The lowest BCUT2D eigenvalue weighted by Crippen LogP contribution is -2.35. The maximum atomic E-state index is 12.7. The molecule has 5 rings (SSSR count). The molecule has 1 saturated heterocycles. The van der Waals surface area contributed by atoms with Crippen LogP contribution in [0.5, 0.6) is 5.75 Å². The van der Waals surface area contributed by atoms with Crippen LogP contribution in [0.4, 0.5) is 18.9 Å². The van der Waals surface area contributed by atoms with Gasteiger partial charge in [-0.25, -0.2) is 4.68 Å². The third-order valence-electron chi connectivity index (χ3n) is 5.99. The zero-order valence-corrected chi connectivity index (χ0v) is 18.6. The van der Waals surface area contributed by atoms with Crippen molar-refractivity contribution >= 4 is 5.69 Å². The standard InChI is InChI=1S/C25H22F3N5O2/c26-25(27,28)35-21-8-6-18(7-9-21)31-15-11-19(12-16-31)32-17-13-23(34)24(30-32)22-10-14-29-33(22)20-4-2-1-3-5-20/h1-10,13-14,17,19H,11-12,15-16H2. The van der Waals surface area contributed by atoms with E-state index in [1.165, 1.54) is 18.2 Å². The summed E-state index contributed by atoms with van der Waals surface area (Å²) in [5.41, 5.74) is 2.44. The molecule has 0 spiro atoms. The summed E-state index contributed by atoms with van der Waals surface area (Å²) in [7, 11) is 0. The number of alkyl halides is 3. The van der Waals surface area contributed by atoms with E-state index >= 15 is 0 Å². The van der Waals surface area contributed by atoms with Gasteiger partial charge in [0.25, 0.3) is 0 Å². The fourth-order valence-corrected chi connectivity index (χ4v) is 4.31. The summed E-state index contributed by atoms with van der Waals surface area (Å²) in [5.74, 6) is -0.240. The lowest BCUT2D eigenvalue weighted by Gasteiger charge is -2.34. The Labute approximate surface area is 199 Å². The number of nitrogens with zero attached hydrogens (tertiary/aromatic N) is 5. The summed E-state index contributed by atoms with van der Waals surface area (Å²) in [6.45, 7) is 1.41. The lowest BCUT2D eigenvalue weighted by molar-refractivity contribution is -0.274. The highest BCUT2D eigenvalue weighted by molar-refractivity contribution is 5.57. The molecule has 0 amide bonds. The molecule has 0 atom stereocenters. The molecule has 4 aromatic rings. The average Bonchev–Trinajstić information content (AvgIpc) is 3.34. The number of anilines is 1. The number of piperidine rings is 1. The SMILES string of the molecule is O=c1ccn(C2CCN(c3ccc(OC(F)(F)F)cc3)CC2)nc1-c1ccnn1-c1ccccc1. The maximum Gasteiger partial charge on any atom is 0.573 e. The molecule has 0 radical (unpaired) electrons. The highest BCUT2D eigenvalue weighted by Gasteiger charge is 2.31. The second-order valence-corrected chi connectivity index (χ2v) is 8.23. The summed E-state index contributed by atoms with van der Waals surface area (Å²) in [4.78, 5) is 14.8. The van der Waals surface area contributed by atoms with Crippen molar-refractivity contribution in [1.29, 1.82) is 0 Å². The van der Waals surface area contributed by atoms with E-state index < -0.39 is 6.36 Å². The fourth-order valence-electron chi connectivity index (χ4n) is 4.31. The number of halogens is 3. The number of hydrogen-bond acceptors (Lipinski definition) is 5. The molecule has 3 heterocycles. The summed E-state index contributed by atoms with van der Waals surface area (Å²) < 4.78 is 44.6. The van der Waals surface area contributed by atoms with E-state index in [1.54, 1.807) is 35.3 Å². The van der Waals surface area contributed by atoms with Crippen LogP contribution in [0.15, 0.2) is 83.9 Å². The third kappa shape index (κ3) is 5.06. The van der Waals surface area contributed by atoms with E-state index in [0.29, 0.717) is 24.5 Å². The van der Waals surface area contributed by atoms with E-state index in [4.69, 9.17) is 0 Å². The van der Waals surface area contributed by atoms with Gasteiger partial charge in [-0.3, -0.25) is 9.48 Å². The van der Waals surface area contributed by atoms with Gasteiger partial charge in [0, 0.05) is 31.0 Å². The predicted octanol–water partition coefficient (Wildman–Crippen LogP) is 4.84. The minimum atomic E-state index is -4.71. The highest BCUT2D eigenvalue weighted by Crippen LogP contribution is 2.29. The Morgan fingerprint density at radius 3 is 2.29 bits per heavy atom. The van der Waals surface area contributed by atoms with Gasteiger partial charge in [0.15, 0.2) is 5.69 Å². The molecule has 1 aliphatic heterocycles. The van der Waals surface area contributed by atoms with E-state index in [1.807, 2.05) is 35.0 Å². The van der Waals surface area contributed by atoms with Gasteiger partial charge in [0.1, 0.15) is 5.75 Å². The Kier molecular flexibility index (Phi) is 6.02. The Balaban J connectivity index is 1.31. The molecule has 0 N–H and O–H groups in total. The molecular weight excluding hydrogens is 459 g/mol. The van der Waals surface area contributed by atoms with Crippen LogP contribution in [0.25, 0.3) is 17.1 Å². The summed E-state index contributed by atoms with van der Waals surface area (Å²) >= 11 is 0. The average molecular weight is 481 g/mol. The molecule has 180 valence electrons. The maximum absolute atomic E-state index is 12.7. The van der Waals surface area contributed by atoms with Crippen molar-refractivity contribution in [3.63, 3.8) is 0 Å². The van der Waals surface area contributed by atoms with Gasteiger partial charge in [-0.2, -0.15) is 10.2 Å². The largest absolute Gasteiger partial charge is 0.573 e. The first-order valence-electron chi connectivity index (χ1n) is 11.2. The molecule has 2 aromatic carbocycles. The quantitative estimate of drug-likeness (QED) is 0.408. The molecule has 0 saturated carbocycles. The minimum absolute atomic E-state index is 0.0894. The fraction of sp³-hybridized carbons (Fsp3) is 0.240. The van der Waals surface area contributed by atoms with Gasteiger partial charge >= 0.3 is 6.36 Å². The number of rotatable bonds is 5. The van der Waals surface area contributed by atoms with E-state index in [0.717, 1.165) is 24.2 Å². The molecule has 0 bridgehead atoms. The van der Waals surface area contributed by atoms with Gasteiger partial charge in [-0.1, -0.05) is 18.2 Å².